The Labute approximate surface area is 111 Å². The van der Waals surface area contributed by atoms with E-state index in [-0.39, 0.29) is 20.8 Å². The van der Waals surface area contributed by atoms with Gasteiger partial charge >= 0.3 is 0 Å². The van der Waals surface area contributed by atoms with Crippen LogP contribution in [0.1, 0.15) is 10.5 Å². The van der Waals surface area contributed by atoms with Crippen molar-refractivity contribution in [1.29, 1.82) is 0 Å². The highest BCUT2D eigenvalue weighted by atomic mass is 35.5. The Morgan fingerprint density at radius 2 is 2.00 bits per heavy atom. The Balaban J connectivity index is 2.29. The van der Waals surface area contributed by atoms with E-state index in [0.717, 1.165) is 0 Å². The Bertz CT molecular complexity index is 556. The molecule has 2 rings (SSSR count). The Kier molecular flexibility index (Phi) is 3.51. The zero-order chi connectivity index (χ0) is 12.4. The Morgan fingerprint density at radius 1 is 1.24 bits per heavy atom. The van der Waals surface area contributed by atoms with Gasteiger partial charge in [-0.25, -0.2) is 4.98 Å². The van der Waals surface area contributed by atoms with Crippen molar-refractivity contribution in [2.45, 2.75) is 0 Å². The van der Waals surface area contributed by atoms with Gasteiger partial charge in [0.15, 0.2) is 0 Å². The number of aromatic amines is 1. The summed E-state index contributed by atoms with van der Waals surface area (Å²) in [6.45, 7) is 0. The predicted octanol–water partition coefficient (Wildman–Crippen LogP) is 3.02. The van der Waals surface area contributed by atoms with Crippen molar-refractivity contribution in [2.75, 3.05) is 5.32 Å². The molecule has 5 nitrogen and oxygen atoms in total. The van der Waals surface area contributed by atoms with Gasteiger partial charge in [-0.15, -0.1) is 0 Å². The third kappa shape index (κ3) is 2.52. The summed E-state index contributed by atoms with van der Waals surface area (Å²) in [7, 11) is 0. The largest absolute Gasteiger partial charge is 0.318 e. The van der Waals surface area contributed by atoms with Gasteiger partial charge in [0.1, 0.15) is 5.69 Å². The van der Waals surface area contributed by atoms with Crippen molar-refractivity contribution in [1.82, 2.24) is 15.2 Å². The molecule has 0 saturated heterocycles. The van der Waals surface area contributed by atoms with Gasteiger partial charge in [-0.3, -0.25) is 9.89 Å². The van der Waals surface area contributed by atoms with Crippen LogP contribution in [-0.2, 0) is 0 Å². The molecule has 0 unspecified atom stereocenters. The molecule has 0 saturated carbocycles. The molecule has 0 bridgehead atoms. The maximum atomic E-state index is 11.8. The smallest absolute Gasteiger partial charge is 0.275 e. The van der Waals surface area contributed by atoms with Crippen LogP contribution < -0.4 is 5.32 Å². The molecule has 0 aromatic carbocycles. The molecule has 0 atom stereocenters. The quantitative estimate of drug-likeness (QED) is 0.893. The summed E-state index contributed by atoms with van der Waals surface area (Å²) in [5.41, 5.74) is 0.501. The lowest BCUT2D eigenvalue weighted by molar-refractivity contribution is 0.102. The molecular formula is C9H5Cl3N4O. The summed E-state index contributed by atoms with van der Waals surface area (Å²) in [4.78, 5) is 15.6. The fourth-order valence-corrected chi connectivity index (χ4v) is 1.68. The van der Waals surface area contributed by atoms with E-state index < -0.39 is 5.91 Å². The van der Waals surface area contributed by atoms with Gasteiger partial charge in [0.05, 0.1) is 27.0 Å². The summed E-state index contributed by atoms with van der Waals surface area (Å²) in [5, 5.41) is 9.09. The minimum Gasteiger partial charge on any atom is -0.318 e. The average molecular weight is 292 g/mol. The molecule has 0 spiro atoms. The number of amides is 1. The average Bonchev–Trinajstić information content (AvgIpc) is 2.78. The van der Waals surface area contributed by atoms with E-state index in [1.807, 2.05) is 0 Å². The third-order valence-corrected chi connectivity index (χ3v) is 3.13. The number of halogens is 3. The lowest BCUT2D eigenvalue weighted by Crippen LogP contribution is -2.14. The standard InChI is InChI=1S/C9H5Cl3N4O/c10-5-3-13-8(7(12)6(5)11)9(17)16-4-1-14-15-2-4/h1-3H,(H,14,15)(H,16,17). The van der Waals surface area contributed by atoms with Gasteiger partial charge in [-0.05, 0) is 0 Å². The first-order valence-electron chi connectivity index (χ1n) is 4.39. The number of nitrogens with zero attached hydrogens (tertiary/aromatic N) is 2. The van der Waals surface area contributed by atoms with Gasteiger partial charge in [0, 0.05) is 12.4 Å². The lowest BCUT2D eigenvalue weighted by atomic mass is 10.3. The Morgan fingerprint density at radius 3 is 2.65 bits per heavy atom. The fourth-order valence-electron chi connectivity index (χ4n) is 1.11. The molecule has 0 aliphatic heterocycles. The summed E-state index contributed by atoms with van der Waals surface area (Å²) in [6, 6.07) is 0. The highest BCUT2D eigenvalue weighted by molar-refractivity contribution is 6.49. The second-order valence-electron chi connectivity index (χ2n) is 3.02. The van der Waals surface area contributed by atoms with E-state index in [1.54, 1.807) is 0 Å². The van der Waals surface area contributed by atoms with Crippen molar-refractivity contribution in [3.63, 3.8) is 0 Å². The zero-order valence-corrected chi connectivity index (χ0v) is 10.4. The minimum absolute atomic E-state index is 0.00210. The fraction of sp³-hybridized carbons (Fsp3) is 0. The molecule has 2 aromatic rings. The normalized spacial score (nSPS) is 10.3. The van der Waals surface area contributed by atoms with Crippen LogP contribution in [-0.4, -0.2) is 21.1 Å². The van der Waals surface area contributed by atoms with Crippen molar-refractivity contribution in [3.05, 3.63) is 39.4 Å². The third-order valence-electron chi connectivity index (χ3n) is 1.89. The monoisotopic (exact) mass is 290 g/mol. The molecule has 88 valence electrons. The van der Waals surface area contributed by atoms with Gasteiger partial charge in [0.25, 0.3) is 5.91 Å². The number of anilines is 1. The van der Waals surface area contributed by atoms with Crippen LogP contribution in [0.4, 0.5) is 5.69 Å². The summed E-state index contributed by atoms with van der Waals surface area (Å²) in [6.07, 6.45) is 4.23. The first-order valence-corrected chi connectivity index (χ1v) is 5.52. The summed E-state index contributed by atoms with van der Waals surface area (Å²) >= 11 is 17.4. The molecule has 0 aliphatic rings. The highest BCUT2D eigenvalue weighted by Crippen LogP contribution is 2.31. The molecule has 0 radical (unpaired) electrons. The maximum Gasteiger partial charge on any atom is 0.275 e. The van der Waals surface area contributed by atoms with Crippen molar-refractivity contribution in [3.8, 4) is 0 Å². The van der Waals surface area contributed by atoms with Gasteiger partial charge < -0.3 is 5.32 Å². The number of nitrogens with one attached hydrogen (secondary N) is 2. The number of rotatable bonds is 2. The summed E-state index contributed by atoms with van der Waals surface area (Å²) in [5.74, 6) is -0.491. The first-order chi connectivity index (χ1) is 8.09. The number of H-pyrrole nitrogens is 1. The summed E-state index contributed by atoms with van der Waals surface area (Å²) < 4.78 is 0. The number of hydrogen-bond acceptors (Lipinski definition) is 3. The second-order valence-corrected chi connectivity index (χ2v) is 4.19. The van der Waals surface area contributed by atoms with Crippen molar-refractivity contribution >= 4 is 46.4 Å². The maximum absolute atomic E-state index is 11.8. The molecular weight excluding hydrogens is 286 g/mol. The molecule has 17 heavy (non-hydrogen) atoms. The lowest BCUT2D eigenvalue weighted by Gasteiger charge is -2.05. The molecule has 2 heterocycles. The number of carbonyl (C=O) groups excluding carboxylic acids is 1. The zero-order valence-electron chi connectivity index (χ0n) is 8.17. The number of pyridine rings is 1. The second kappa shape index (κ2) is 4.91. The van der Waals surface area contributed by atoms with Crippen molar-refractivity contribution in [2.24, 2.45) is 0 Å². The number of aromatic nitrogens is 3. The molecule has 1 amide bonds. The SMILES string of the molecule is O=C(Nc1cn[nH]c1)c1ncc(Cl)c(Cl)c1Cl. The molecule has 2 N–H and O–H groups in total. The van der Waals surface area contributed by atoms with E-state index in [0.29, 0.717) is 5.69 Å². The van der Waals surface area contributed by atoms with Gasteiger partial charge in [-0.2, -0.15) is 5.10 Å². The first kappa shape index (κ1) is 12.2. The molecule has 2 aromatic heterocycles. The van der Waals surface area contributed by atoms with Crippen LogP contribution in [0.15, 0.2) is 18.6 Å². The van der Waals surface area contributed by atoms with E-state index in [9.17, 15) is 4.79 Å². The van der Waals surface area contributed by atoms with E-state index in [2.05, 4.69) is 20.5 Å². The number of carbonyl (C=O) groups is 1. The Hall–Kier alpha value is -1.30. The molecule has 8 heteroatoms. The molecule has 0 fully saturated rings. The topological polar surface area (TPSA) is 70.7 Å². The van der Waals surface area contributed by atoms with Crippen LogP contribution in [0.3, 0.4) is 0 Å². The highest BCUT2D eigenvalue weighted by Gasteiger charge is 2.17. The van der Waals surface area contributed by atoms with Gasteiger partial charge in [-0.1, -0.05) is 34.8 Å². The molecule has 0 aliphatic carbocycles. The number of hydrogen-bond donors (Lipinski definition) is 2. The predicted molar refractivity (Wildman–Crippen MR) is 65.8 cm³/mol. The van der Waals surface area contributed by atoms with E-state index in [1.165, 1.54) is 18.6 Å². The van der Waals surface area contributed by atoms with Crippen LogP contribution >= 0.6 is 34.8 Å². The van der Waals surface area contributed by atoms with Crippen LogP contribution in [0.5, 0.6) is 0 Å². The van der Waals surface area contributed by atoms with Crippen molar-refractivity contribution < 1.29 is 4.79 Å². The van der Waals surface area contributed by atoms with Crippen LogP contribution in [0.2, 0.25) is 15.1 Å². The van der Waals surface area contributed by atoms with Gasteiger partial charge in [0.2, 0.25) is 0 Å². The minimum atomic E-state index is -0.491. The van der Waals surface area contributed by atoms with E-state index in [4.69, 9.17) is 34.8 Å². The van der Waals surface area contributed by atoms with E-state index >= 15 is 0 Å². The van der Waals surface area contributed by atoms with Crippen LogP contribution in [0, 0.1) is 0 Å². The van der Waals surface area contributed by atoms with Crippen LogP contribution in [0.25, 0.3) is 0 Å².